The topological polar surface area (TPSA) is 76.4 Å². The number of rotatable bonds is 3. The molecule has 0 radical (unpaired) electrons. The first-order valence-corrected chi connectivity index (χ1v) is 8.80. The number of fused-ring (bicyclic) bond motifs is 1. The number of ether oxygens (including phenoxy) is 1. The summed E-state index contributed by atoms with van der Waals surface area (Å²) in [7, 11) is 1.51. The molecule has 1 atom stereocenters. The molecule has 0 saturated heterocycles. The van der Waals surface area contributed by atoms with Crippen molar-refractivity contribution in [3.8, 4) is 17.2 Å². The lowest BCUT2D eigenvalue weighted by Gasteiger charge is -2.24. The van der Waals surface area contributed by atoms with E-state index in [-0.39, 0.29) is 17.6 Å². The fourth-order valence-corrected chi connectivity index (χ4v) is 3.48. The lowest BCUT2D eigenvalue weighted by molar-refractivity contribution is -0.116. The van der Waals surface area contributed by atoms with Gasteiger partial charge in [0.25, 0.3) is 0 Å². The van der Waals surface area contributed by atoms with Gasteiger partial charge >= 0.3 is 0 Å². The summed E-state index contributed by atoms with van der Waals surface area (Å²) in [4.78, 5) is 12.4. The van der Waals surface area contributed by atoms with Crippen LogP contribution in [0.3, 0.4) is 0 Å². The minimum atomic E-state index is -0.149. The van der Waals surface area contributed by atoms with Crippen LogP contribution in [0.2, 0.25) is 0 Å². The summed E-state index contributed by atoms with van der Waals surface area (Å²) in [6, 6.07) is 11.3. The second-order valence-corrected chi connectivity index (χ2v) is 6.87. The van der Waals surface area contributed by atoms with Crippen molar-refractivity contribution in [2.75, 3.05) is 12.4 Å². The van der Waals surface area contributed by atoms with Crippen LogP contribution in [0.4, 0.5) is 5.82 Å². The summed E-state index contributed by atoms with van der Waals surface area (Å²) in [6.45, 7) is 4.12. The molecular formula is C21H21N3O3. The maximum Gasteiger partial charge on any atom is 0.226 e. The standard InChI is InChI=1S/C21H21N3O3/c1-12-4-6-15(8-13(12)2)24-21-17(11-22-24)16(10-20(26)23-21)14-5-7-18(25)19(9-14)27-3/h4-9,11,16,25H,10H2,1-3H3,(H,23,26). The number of benzene rings is 2. The largest absolute Gasteiger partial charge is 0.504 e. The molecule has 27 heavy (non-hydrogen) atoms. The lowest BCUT2D eigenvalue weighted by atomic mass is 9.87. The number of phenols is 1. The van der Waals surface area contributed by atoms with E-state index < -0.39 is 0 Å². The van der Waals surface area contributed by atoms with Gasteiger partial charge in [-0.15, -0.1) is 0 Å². The number of hydrogen-bond acceptors (Lipinski definition) is 4. The van der Waals surface area contributed by atoms with Crippen LogP contribution in [0, 0.1) is 13.8 Å². The van der Waals surface area contributed by atoms with Gasteiger partial charge in [-0.25, -0.2) is 4.68 Å². The molecule has 2 heterocycles. The van der Waals surface area contributed by atoms with E-state index in [0.29, 0.717) is 18.0 Å². The number of aromatic nitrogens is 2. The molecule has 1 aliphatic heterocycles. The van der Waals surface area contributed by atoms with E-state index in [9.17, 15) is 9.90 Å². The number of amides is 1. The van der Waals surface area contributed by atoms with E-state index in [2.05, 4.69) is 30.3 Å². The molecule has 3 aromatic rings. The number of aromatic hydroxyl groups is 1. The molecule has 1 aliphatic rings. The quantitative estimate of drug-likeness (QED) is 0.744. The first-order valence-electron chi connectivity index (χ1n) is 8.80. The fraction of sp³-hybridized carbons (Fsp3) is 0.238. The molecule has 0 aliphatic carbocycles. The van der Waals surface area contributed by atoms with Crippen LogP contribution in [0.1, 0.15) is 34.6 Å². The Balaban J connectivity index is 1.81. The molecule has 0 spiro atoms. The Morgan fingerprint density at radius 3 is 2.74 bits per heavy atom. The third-order valence-electron chi connectivity index (χ3n) is 5.16. The summed E-state index contributed by atoms with van der Waals surface area (Å²) in [5.41, 5.74) is 5.13. The predicted octanol–water partition coefficient (Wildman–Crippen LogP) is 3.68. The fourth-order valence-electron chi connectivity index (χ4n) is 3.48. The van der Waals surface area contributed by atoms with Gasteiger partial charge in [0, 0.05) is 17.9 Å². The average molecular weight is 363 g/mol. The van der Waals surface area contributed by atoms with E-state index in [1.165, 1.54) is 18.2 Å². The Labute approximate surface area is 157 Å². The highest BCUT2D eigenvalue weighted by Crippen LogP contribution is 2.40. The van der Waals surface area contributed by atoms with Crippen molar-refractivity contribution >= 4 is 11.7 Å². The van der Waals surface area contributed by atoms with Crippen LogP contribution >= 0.6 is 0 Å². The Morgan fingerprint density at radius 2 is 2.00 bits per heavy atom. The molecule has 6 nitrogen and oxygen atoms in total. The highest BCUT2D eigenvalue weighted by Gasteiger charge is 2.31. The third-order valence-corrected chi connectivity index (χ3v) is 5.16. The summed E-state index contributed by atoms with van der Waals surface area (Å²) < 4.78 is 6.99. The zero-order chi connectivity index (χ0) is 19.1. The summed E-state index contributed by atoms with van der Waals surface area (Å²) in [5.74, 6) is 0.939. The van der Waals surface area contributed by atoms with Gasteiger partial charge in [-0.1, -0.05) is 12.1 Å². The second kappa shape index (κ2) is 6.46. The molecule has 1 aromatic heterocycles. The molecule has 2 N–H and O–H groups in total. The van der Waals surface area contributed by atoms with Crippen molar-refractivity contribution < 1.29 is 14.6 Å². The van der Waals surface area contributed by atoms with Crippen LogP contribution in [-0.4, -0.2) is 27.9 Å². The molecule has 0 saturated carbocycles. The van der Waals surface area contributed by atoms with Gasteiger partial charge in [-0.05, 0) is 54.8 Å². The van der Waals surface area contributed by atoms with E-state index in [1.807, 2.05) is 18.2 Å². The predicted molar refractivity (Wildman–Crippen MR) is 103 cm³/mol. The SMILES string of the molecule is COc1cc(C2CC(=O)Nc3c2cnn3-c2ccc(C)c(C)c2)ccc1O. The van der Waals surface area contributed by atoms with E-state index in [1.54, 1.807) is 23.0 Å². The normalized spacial score (nSPS) is 16.0. The van der Waals surface area contributed by atoms with Crippen LogP contribution in [0.25, 0.3) is 5.69 Å². The Kier molecular flexibility index (Phi) is 4.11. The zero-order valence-electron chi connectivity index (χ0n) is 15.5. The Hall–Kier alpha value is -3.28. The van der Waals surface area contributed by atoms with Crippen LogP contribution in [0.5, 0.6) is 11.5 Å². The van der Waals surface area contributed by atoms with Crippen molar-refractivity contribution in [3.05, 3.63) is 64.8 Å². The number of hydrogen-bond donors (Lipinski definition) is 2. The molecule has 1 unspecified atom stereocenters. The molecule has 0 fully saturated rings. The van der Waals surface area contributed by atoms with Crippen LogP contribution < -0.4 is 10.1 Å². The van der Waals surface area contributed by atoms with Gasteiger partial charge in [0.1, 0.15) is 5.82 Å². The number of anilines is 1. The average Bonchev–Trinajstić information content (AvgIpc) is 3.07. The number of carbonyl (C=O) groups is 1. The van der Waals surface area contributed by atoms with Gasteiger partial charge in [0.15, 0.2) is 11.5 Å². The molecule has 2 aromatic carbocycles. The van der Waals surface area contributed by atoms with Gasteiger partial charge < -0.3 is 15.2 Å². The molecule has 138 valence electrons. The van der Waals surface area contributed by atoms with Crippen molar-refractivity contribution in [1.29, 1.82) is 0 Å². The van der Waals surface area contributed by atoms with Gasteiger partial charge in [-0.3, -0.25) is 4.79 Å². The number of nitrogens with zero attached hydrogens (tertiary/aromatic N) is 2. The van der Waals surface area contributed by atoms with Crippen molar-refractivity contribution in [2.24, 2.45) is 0 Å². The van der Waals surface area contributed by atoms with Crippen molar-refractivity contribution in [3.63, 3.8) is 0 Å². The van der Waals surface area contributed by atoms with E-state index in [4.69, 9.17) is 4.74 Å². The second-order valence-electron chi connectivity index (χ2n) is 6.87. The lowest BCUT2D eigenvalue weighted by Crippen LogP contribution is -2.24. The van der Waals surface area contributed by atoms with Crippen LogP contribution in [0.15, 0.2) is 42.6 Å². The summed E-state index contributed by atoms with van der Waals surface area (Å²) >= 11 is 0. The summed E-state index contributed by atoms with van der Waals surface area (Å²) in [6.07, 6.45) is 2.12. The molecule has 1 amide bonds. The van der Waals surface area contributed by atoms with Crippen molar-refractivity contribution in [1.82, 2.24) is 9.78 Å². The van der Waals surface area contributed by atoms with Gasteiger partial charge in [0.05, 0.1) is 19.0 Å². The highest BCUT2D eigenvalue weighted by atomic mass is 16.5. The number of carbonyl (C=O) groups excluding carboxylic acids is 1. The van der Waals surface area contributed by atoms with Gasteiger partial charge in [-0.2, -0.15) is 5.10 Å². The monoisotopic (exact) mass is 363 g/mol. The zero-order valence-corrected chi connectivity index (χ0v) is 15.5. The Bertz CT molecular complexity index is 1040. The van der Waals surface area contributed by atoms with Gasteiger partial charge in [0.2, 0.25) is 5.91 Å². The van der Waals surface area contributed by atoms with E-state index in [0.717, 1.165) is 16.8 Å². The molecule has 6 heteroatoms. The molecule has 4 rings (SSSR count). The number of aryl methyl sites for hydroxylation is 2. The highest BCUT2D eigenvalue weighted by molar-refractivity contribution is 5.94. The van der Waals surface area contributed by atoms with Crippen molar-refractivity contribution in [2.45, 2.75) is 26.2 Å². The third kappa shape index (κ3) is 2.93. The Morgan fingerprint density at radius 1 is 1.19 bits per heavy atom. The maximum absolute atomic E-state index is 12.4. The maximum atomic E-state index is 12.4. The minimum absolute atomic E-state index is 0.0647. The molecular weight excluding hydrogens is 342 g/mol. The first kappa shape index (κ1) is 17.1. The van der Waals surface area contributed by atoms with E-state index >= 15 is 0 Å². The smallest absolute Gasteiger partial charge is 0.226 e. The number of phenolic OH excluding ortho intramolecular Hbond substituents is 1. The first-order chi connectivity index (χ1) is 13.0. The number of methoxy groups -OCH3 is 1. The van der Waals surface area contributed by atoms with Crippen LogP contribution in [-0.2, 0) is 4.79 Å². The molecule has 0 bridgehead atoms. The minimum Gasteiger partial charge on any atom is -0.504 e. The number of nitrogens with one attached hydrogen (secondary N) is 1. The summed E-state index contributed by atoms with van der Waals surface area (Å²) in [5, 5.41) is 17.4.